The molecule has 0 aromatic heterocycles. The molecule has 1 radical (unpaired) electrons. The first-order valence-corrected chi connectivity index (χ1v) is 3.34. The molecule has 0 aliphatic rings. The summed E-state index contributed by atoms with van der Waals surface area (Å²) in [6, 6.07) is 0. The molecule has 0 saturated carbocycles. The molecule has 0 bridgehead atoms. The van der Waals surface area contributed by atoms with Crippen LogP contribution in [-0.4, -0.2) is 18.5 Å². The molecule has 49 valence electrons. The minimum Gasteiger partial charge on any atom is -0.380 e. The molecule has 0 rings (SSSR count). The number of rotatable bonds is 4. The largest absolute Gasteiger partial charge is 0.380 e. The van der Waals surface area contributed by atoms with Crippen LogP contribution in [0.5, 0.6) is 0 Å². The lowest BCUT2D eigenvalue weighted by molar-refractivity contribution is 0.142. The van der Waals surface area contributed by atoms with Crippen molar-refractivity contribution < 1.29 is 4.74 Å². The second-order valence-electron chi connectivity index (χ2n) is 1.78. The minimum absolute atomic E-state index is 0.349. The SMILES string of the molecule is [CH2]CCOCC(C)S. The van der Waals surface area contributed by atoms with Crippen molar-refractivity contribution in [3.05, 3.63) is 6.92 Å². The highest BCUT2D eigenvalue weighted by molar-refractivity contribution is 7.80. The molecule has 1 nitrogen and oxygen atoms in total. The van der Waals surface area contributed by atoms with Crippen LogP contribution in [0, 0.1) is 6.92 Å². The van der Waals surface area contributed by atoms with E-state index in [-0.39, 0.29) is 0 Å². The highest BCUT2D eigenvalue weighted by atomic mass is 32.1. The molecular formula is C6H13OS. The summed E-state index contributed by atoms with van der Waals surface area (Å²) in [6.07, 6.45) is 0.848. The lowest BCUT2D eigenvalue weighted by atomic mass is 10.5. The molecule has 0 aliphatic carbocycles. The molecule has 0 heterocycles. The maximum absolute atomic E-state index is 5.11. The molecule has 0 saturated heterocycles. The third-order valence-corrected chi connectivity index (χ3v) is 0.797. The van der Waals surface area contributed by atoms with Gasteiger partial charge in [-0.3, -0.25) is 0 Å². The molecule has 0 spiro atoms. The lowest BCUT2D eigenvalue weighted by Crippen LogP contribution is -2.04. The molecule has 0 aromatic carbocycles. The van der Waals surface area contributed by atoms with E-state index in [1.807, 2.05) is 6.92 Å². The van der Waals surface area contributed by atoms with Gasteiger partial charge < -0.3 is 4.74 Å². The van der Waals surface area contributed by atoms with E-state index in [4.69, 9.17) is 4.74 Å². The summed E-state index contributed by atoms with van der Waals surface area (Å²) in [6.45, 7) is 7.13. The number of hydrogen-bond acceptors (Lipinski definition) is 2. The first-order valence-electron chi connectivity index (χ1n) is 2.82. The summed E-state index contributed by atoms with van der Waals surface area (Å²) < 4.78 is 5.11. The van der Waals surface area contributed by atoms with Crippen molar-refractivity contribution in [2.45, 2.75) is 18.6 Å². The van der Waals surface area contributed by atoms with Crippen molar-refractivity contribution >= 4 is 12.6 Å². The van der Waals surface area contributed by atoms with Crippen LogP contribution in [0.4, 0.5) is 0 Å². The van der Waals surface area contributed by atoms with E-state index in [1.54, 1.807) is 0 Å². The Kier molecular flexibility index (Phi) is 5.66. The Morgan fingerprint density at radius 2 is 2.38 bits per heavy atom. The predicted molar refractivity (Wildman–Crippen MR) is 39.2 cm³/mol. The van der Waals surface area contributed by atoms with Crippen molar-refractivity contribution in [3.63, 3.8) is 0 Å². The van der Waals surface area contributed by atoms with Gasteiger partial charge in [-0.2, -0.15) is 12.6 Å². The molecule has 0 amide bonds. The summed E-state index contributed by atoms with van der Waals surface area (Å²) in [5.41, 5.74) is 0. The van der Waals surface area contributed by atoms with Gasteiger partial charge >= 0.3 is 0 Å². The van der Waals surface area contributed by atoms with Crippen LogP contribution in [-0.2, 0) is 4.74 Å². The Morgan fingerprint density at radius 1 is 1.75 bits per heavy atom. The van der Waals surface area contributed by atoms with Gasteiger partial charge in [0.25, 0.3) is 0 Å². The van der Waals surface area contributed by atoms with Gasteiger partial charge in [-0.15, -0.1) is 0 Å². The number of hydrogen-bond donors (Lipinski definition) is 1. The molecule has 8 heavy (non-hydrogen) atoms. The second kappa shape index (κ2) is 5.45. The van der Waals surface area contributed by atoms with Crippen LogP contribution < -0.4 is 0 Å². The van der Waals surface area contributed by atoms with Crippen molar-refractivity contribution in [1.82, 2.24) is 0 Å². The first-order chi connectivity index (χ1) is 3.77. The molecule has 0 N–H and O–H groups in total. The lowest BCUT2D eigenvalue weighted by Gasteiger charge is -2.02. The fourth-order valence-corrected chi connectivity index (χ4v) is 0.461. The van der Waals surface area contributed by atoms with Gasteiger partial charge in [0.2, 0.25) is 0 Å². The van der Waals surface area contributed by atoms with Crippen molar-refractivity contribution in [2.75, 3.05) is 13.2 Å². The normalized spacial score (nSPS) is 13.9. The van der Waals surface area contributed by atoms with E-state index in [2.05, 4.69) is 19.6 Å². The molecule has 1 atom stereocenters. The summed E-state index contributed by atoms with van der Waals surface area (Å²) >= 11 is 4.13. The van der Waals surface area contributed by atoms with Crippen LogP contribution in [0.25, 0.3) is 0 Å². The van der Waals surface area contributed by atoms with E-state index in [0.29, 0.717) is 5.25 Å². The zero-order chi connectivity index (χ0) is 6.41. The van der Waals surface area contributed by atoms with E-state index in [1.165, 1.54) is 0 Å². The van der Waals surface area contributed by atoms with E-state index in [0.717, 1.165) is 19.6 Å². The highest BCUT2D eigenvalue weighted by Gasteiger charge is 1.90. The van der Waals surface area contributed by atoms with Crippen LogP contribution in [0.2, 0.25) is 0 Å². The van der Waals surface area contributed by atoms with Crippen molar-refractivity contribution in [3.8, 4) is 0 Å². The Labute approximate surface area is 56.8 Å². The van der Waals surface area contributed by atoms with Gasteiger partial charge in [0, 0.05) is 11.9 Å². The monoisotopic (exact) mass is 133 g/mol. The smallest absolute Gasteiger partial charge is 0.0579 e. The summed E-state index contributed by atoms with van der Waals surface area (Å²) in [5, 5.41) is 0.349. The van der Waals surface area contributed by atoms with Gasteiger partial charge in [-0.25, -0.2) is 0 Å². The maximum Gasteiger partial charge on any atom is 0.0579 e. The maximum atomic E-state index is 5.11. The standard InChI is InChI=1S/C6H13OS/c1-3-4-7-5-6(2)8/h6,8H,1,3-5H2,2H3. The van der Waals surface area contributed by atoms with Gasteiger partial charge in [0.05, 0.1) is 6.61 Å². The summed E-state index contributed by atoms with van der Waals surface area (Å²) in [4.78, 5) is 0. The Balaban J connectivity index is 2.72. The van der Waals surface area contributed by atoms with Gasteiger partial charge in [-0.1, -0.05) is 13.8 Å². The molecule has 0 fully saturated rings. The van der Waals surface area contributed by atoms with Gasteiger partial charge in [0.15, 0.2) is 0 Å². The third kappa shape index (κ3) is 6.31. The van der Waals surface area contributed by atoms with E-state index < -0.39 is 0 Å². The summed E-state index contributed by atoms with van der Waals surface area (Å²) in [5.74, 6) is 0. The van der Waals surface area contributed by atoms with Gasteiger partial charge in [0.1, 0.15) is 0 Å². The van der Waals surface area contributed by atoms with Crippen LogP contribution in [0.15, 0.2) is 0 Å². The first kappa shape index (κ1) is 8.31. The zero-order valence-electron chi connectivity index (χ0n) is 5.26. The molecule has 0 aliphatic heterocycles. The van der Waals surface area contributed by atoms with Crippen molar-refractivity contribution in [1.29, 1.82) is 0 Å². The average Bonchev–Trinajstić information content (AvgIpc) is 1.66. The predicted octanol–water partition coefficient (Wildman–Crippen LogP) is 1.55. The summed E-state index contributed by atoms with van der Waals surface area (Å²) in [7, 11) is 0. The second-order valence-corrected chi connectivity index (χ2v) is 2.66. The van der Waals surface area contributed by atoms with E-state index in [9.17, 15) is 0 Å². The minimum atomic E-state index is 0.349. The quantitative estimate of drug-likeness (QED) is 0.452. The zero-order valence-corrected chi connectivity index (χ0v) is 6.16. The molecule has 1 unspecified atom stereocenters. The van der Waals surface area contributed by atoms with Crippen molar-refractivity contribution in [2.24, 2.45) is 0 Å². The topological polar surface area (TPSA) is 9.23 Å². The molecule has 2 heteroatoms. The average molecular weight is 133 g/mol. The fraction of sp³-hybridized carbons (Fsp3) is 0.833. The Hall–Kier alpha value is 0.310. The van der Waals surface area contributed by atoms with Crippen LogP contribution in [0.1, 0.15) is 13.3 Å². The van der Waals surface area contributed by atoms with Crippen LogP contribution in [0.3, 0.4) is 0 Å². The fourth-order valence-electron chi connectivity index (χ4n) is 0.356. The third-order valence-electron chi connectivity index (χ3n) is 0.648. The Morgan fingerprint density at radius 3 is 2.75 bits per heavy atom. The van der Waals surface area contributed by atoms with E-state index >= 15 is 0 Å². The molecular weight excluding hydrogens is 120 g/mol. The molecule has 0 aromatic rings. The highest BCUT2D eigenvalue weighted by Crippen LogP contribution is 1.92. The van der Waals surface area contributed by atoms with Crippen LogP contribution >= 0.6 is 12.6 Å². The number of thiol groups is 1. The Bertz CT molecular complexity index is 45.8. The number of ether oxygens (including phenoxy) is 1. The van der Waals surface area contributed by atoms with Gasteiger partial charge in [-0.05, 0) is 6.42 Å².